The number of Topliss-reactive ketones (excluding diaryl/α,β-unsaturated/α-hetero) is 1. The van der Waals surface area contributed by atoms with Gasteiger partial charge in [0.25, 0.3) is 0 Å². The Hall–Kier alpha value is -1.67. The Labute approximate surface area is 123 Å². The van der Waals surface area contributed by atoms with Gasteiger partial charge in [0, 0.05) is 12.8 Å². The van der Waals surface area contributed by atoms with Gasteiger partial charge >= 0.3 is 0 Å². The van der Waals surface area contributed by atoms with Crippen LogP contribution in [0.2, 0.25) is 5.02 Å². The maximum Gasteiger partial charge on any atom is 0.142 e. The van der Waals surface area contributed by atoms with Gasteiger partial charge in [-0.05, 0) is 30.5 Å². The van der Waals surface area contributed by atoms with Crippen LogP contribution in [0.15, 0.2) is 42.5 Å². The first-order valence-electron chi connectivity index (χ1n) is 6.56. The first-order valence-corrected chi connectivity index (χ1v) is 6.94. The van der Waals surface area contributed by atoms with E-state index in [1.165, 1.54) is 11.6 Å². The smallest absolute Gasteiger partial charge is 0.142 e. The quantitative estimate of drug-likeness (QED) is 0.790. The minimum absolute atomic E-state index is 0.0520. The molecule has 0 radical (unpaired) electrons. The topological polar surface area (TPSA) is 17.1 Å². The van der Waals surface area contributed by atoms with Crippen LogP contribution < -0.4 is 0 Å². The number of rotatable bonds is 5. The number of ketones is 1. The molecule has 0 saturated carbocycles. The molecule has 1 nitrogen and oxygen atoms in total. The molecular formula is C17H16ClFO. The lowest BCUT2D eigenvalue weighted by Crippen LogP contribution is -2.05. The zero-order valence-electron chi connectivity index (χ0n) is 11.3. The lowest BCUT2D eigenvalue weighted by atomic mass is 10.0. The maximum atomic E-state index is 13.3. The Morgan fingerprint density at radius 2 is 1.85 bits per heavy atom. The lowest BCUT2D eigenvalue weighted by Gasteiger charge is -2.05. The molecule has 0 heterocycles. The summed E-state index contributed by atoms with van der Waals surface area (Å²) < 4.78 is 13.3. The van der Waals surface area contributed by atoms with Crippen LogP contribution in [0.4, 0.5) is 4.39 Å². The van der Waals surface area contributed by atoms with Gasteiger partial charge in [0.05, 0.1) is 5.02 Å². The summed E-state index contributed by atoms with van der Waals surface area (Å²) in [5, 5.41) is 0.0520. The van der Waals surface area contributed by atoms with Gasteiger partial charge < -0.3 is 0 Å². The van der Waals surface area contributed by atoms with Crippen molar-refractivity contribution < 1.29 is 9.18 Å². The van der Waals surface area contributed by atoms with Crippen molar-refractivity contribution in [3.8, 4) is 0 Å². The van der Waals surface area contributed by atoms with Gasteiger partial charge in [-0.25, -0.2) is 4.39 Å². The van der Waals surface area contributed by atoms with E-state index in [1.54, 1.807) is 12.1 Å². The van der Waals surface area contributed by atoms with Crippen LogP contribution in [0.1, 0.15) is 23.1 Å². The summed E-state index contributed by atoms with van der Waals surface area (Å²) in [6.07, 6.45) is 1.32. The molecule has 0 saturated heterocycles. The molecule has 2 rings (SSSR count). The molecule has 2 aromatic carbocycles. The van der Waals surface area contributed by atoms with E-state index >= 15 is 0 Å². The van der Waals surface area contributed by atoms with Gasteiger partial charge in [0.1, 0.15) is 11.6 Å². The Morgan fingerprint density at radius 3 is 2.55 bits per heavy atom. The molecule has 0 aliphatic rings. The second-order valence-electron chi connectivity index (χ2n) is 4.91. The molecule has 2 aromatic rings. The van der Waals surface area contributed by atoms with E-state index < -0.39 is 5.82 Å². The van der Waals surface area contributed by atoms with E-state index in [1.807, 2.05) is 31.2 Å². The Morgan fingerprint density at radius 1 is 1.15 bits per heavy atom. The third kappa shape index (κ3) is 3.91. The Balaban J connectivity index is 1.92. The van der Waals surface area contributed by atoms with Gasteiger partial charge in [-0.2, -0.15) is 0 Å². The number of benzene rings is 2. The molecule has 0 bridgehead atoms. The number of carbonyl (C=O) groups is 1. The van der Waals surface area contributed by atoms with Crippen LogP contribution in [0.3, 0.4) is 0 Å². The predicted octanol–water partition coefficient (Wildman–Crippen LogP) is 4.53. The molecule has 0 unspecified atom stereocenters. The zero-order chi connectivity index (χ0) is 14.5. The van der Waals surface area contributed by atoms with E-state index in [2.05, 4.69) is 0 Å². The second kappa shape index (κ2) is 6.67. The number of aryl methyl sites for hydroxylation is 2. The largest absolute Gasteiger partial charge is 0.299 e. The fourth-order valence-electron chi connectivity index (χ4n) is 2.02. The van der Waals surface area contributed by atoms with Crippen LogP contribution in [0.25, 0.3) is 0 Å². The third-order valence-corrected chi connectivity index (χ3v) is 3.66. The molecule has 0 atom stereocenters. The minimum Gasteiger partial charge on any atom is -0.299 e. The van der Waals surface area contributed by atoms with Gasteiger partial charge in [0.15, 0.2) is 0 Å². The van der Waals surface area contributed by atoms with Crippen molar-refractivity contribution in [3.05, 3.63) is 70.0 Å². The van der Waals surface area contributed by atoms with Gasteiger partial charge in [-0.15, -0.1) is 0 Å². The fraction of sp³-hybridized carbons (Fsp3) is 0.235. The Kier molecular flexibility index (Phi) is 4.91. The molecule has 104 valence electrons. The zero-order valence-corrected chi connectivity index (χ0v) is 12.1. The van der Waals surface area contributed by atoms with Crippen molar-refractivity contribution in [1.29, 1.82) is 0 Å². The summed E-state index contributed by atoms with van der Waals surface area (Å²) in [6.45, 7) is 2.03. The number of hydrogen-bond donors (Lipinski definition) is 0. The van der Waals surface area contributed by atoms with Crippen LogP contribution in [0.5, 0.6) is 0 Å². The molecule has 3 heteroatoms. The van der Waals surface area contributed by atoms with E-state index in [-0.39, 0.29) is 17.2 Å². The number of halogens is 2. The molecule has 0 aliphatic carbocycles. The fourth-order valence-corrected chi connectivity index (χ4v) is 2.22. The van der Waals surface area contributed by atoms with Crippen molar-refractivity contribution in [3.63, 3.8) is 0 Å². The summed E-state index contributed by atoms with van der Waals surface area (Å²) >= 11 is 5.84. The van der Waals surface area contributed by atoms with E-state index in [0.29, 0.717) is 18.4 Å². The van der Waals surface area contributed by atoms with Crippen LogP contribution in [-0.2, 0) is 17.6 Å². The second-order valence-corrected chi connectivity index (χ2v) is 5.29. The molecule has 20 heavy (non-hydrogen) atoms. The highest BCUT2D eigenvalue weighted by molar-refractivity contribution is 6.31. The van der Waals surface area contributed by atoms with Crippen molar-refractivity contribution in [2.75, 3.05) is 0 Å². The van der Waals surface area contributed by atoms with Crippen LogP contribution in [-0.4, -0.2) is 5.78 Å². The van der Waals surface area contributed by atoms with Crippen molar-refractivity contribution >= 4 is 17.4 Å². The molecule has 0 N–H and O–H groups in total. The standard InChI is InChI=1S/C17H16ClFO/c1-12-5-7-13(8-6-12)9-10-15(20)11-14-3-2-4-16(19)17(14)18/h2-8H,9-11H2,1H3. The molecule has 0 spiro atoms. The van der Waals surface area contributed by atoms with Crippen LogP contribution >= 0.6 is 11.6 Å². The summed E-state index contributed by atoms with van der Waals surface area (Å²) in [4.78, 5) is 11.9. The SMILES string of the molecule is Cc1ccc(CCC(=O)Cc2cccc(F)c2Cl)cc1. The number of carbonyl (C=O) groups excluding carboxylic acids is 1. The lowest BCUT2D eigenvalue weighted by molar-refractivity contribution is -0.118. The highest BCUT2D eigenvalue weighted by Crippen LogP contribution is 2.20. The maximum absolute atomic E-state index is 13.3. The molecule has 0 aromatic heterocycles. The summed E-state index contributed by atoms with van der Waals surface area (Å²) in [7, 11) is 0. The highest BCUT2D eigenvalue weighted by atomic mass is 35.5. The normalized spacial score (nSPS) is 10.6. The highest BCUT2D eigenvalue weighted by Gasteiger charge is 2.10. The van der Waals surface area contributed by atoms with Crippen LogP contribution in [0, 0.1) is 12.7 Å². The van der Waals surface area contributed by atoms with Gasteiger partial charge in [-0.1, -0.05) is 53.6 Å². The summed E-state index contributed by atoms with van der Waals surface area (Å²) in [5.74, 6) is -0.409. The monoisotopic (exact) mass is 290 g/mol. The minimum atomic E-state index is -0.476. The molecule has 0 amide bonds. The van der Waals surface area contributed by atoms with Gasteiger partial charge in [-0.3, -0.25) is 4.79 Å². The first-order chi connectivity index (χ1) is 9.56. The average molecular weight is 291 g/mol. The van der Waals surface area contributed by atoms with E-state index in [4.69, 9.17) is 11.6 Å². The average Bonchev–Trinajstić information content (AvgIpc) is 2.43. The van der Waals surface area contributed by atoms with Crippen molar-refractivity contribution in [2.24, 2.45) is 0 Å². The third-order valence-electron chi connectivity index (χ3n) is 3.23. The van der Waals surface area contributed by atoms with E-state index in [9.17, 15) is 9.18 Å². The molecule has 0 fully saturated rings. The van der Waals surface area contributed by atoms with Crippen molar-refractivity contribution in [2.45, 2.75) is 26.2 Å². The van der Waals surface area contributed by atoms with Gasteiger partial charge in [0.2, 0.25) is 0 Å². The Bertz CT molecular complexity index is 605. The predicted molar refractivity (Wildman–Crippen MR) is 79.6 cm³/mol. The molecule has 0 aliphatic heterocycles. The van der Waals surface area contributed by atoms with E-state index in [0.717, 1.165) is 5.56 Å². The number of hydrogen-bond acceptors (Lipinski definition) is 1. The molecular weight excluding hydrogens is 275 g/mol. The summed E-state index contributed by atoms with van der Waals surface area (Å²) in [6, 6.07) is 12.7. The summed E-state index contributed by atoms with van der Waals surface area (Å²) in [5.41, 5.74) is 2.89. The first kappa shape index (κ1) is 14.7. The van der Waals surface area contributed by atoms with Crippen molar-refractivity contribution in [1.82, 2.24) is 0 Å².